The molecule has 0 bridgehead atoms. The Hall–Kier alpha value is 0.619. The number of ether oxygens (including phenoxy) is 1. The van der Waals surface area contributed by atoms with Gasteiger partial charge >= 0.3 is 98.3 Å². The molecule has 0 aromatic carbocycles. The Balaban J connectivity index is 0. The molecule has 0 saturated heterocycles. The monoisotopic (exact) mass is 551 g/mol. The van der Waals surface area contributed by atoms with Crippen molar-refractivity contribution in [2.75, 3.05) is 0 Å². The first kappa shape index (κ1) is 32.8. The van der Waals surface area contributed by atoms with Gasteiger partial charge in [0.05, 0.1) is 0 Å². The molecule has 0 amide bonds. The molecule has 4 heteroatoms. The molecule has 0 aliphatic heterocycles. The van der Waals surface area contributed by atoms with E-state index in [0.29, 0.717) is 6.42 Å². The van der Waals surface area contributed by atoms with Crippen LogP contribution in [-0.4, -0.2) is 31.2 Å². The molecular formula is C26H55O2SSn+. The van der Waals surface area contributed by atoms with Crippen LogP contribution in [0.1, 0.15) is 137 Å². The Labute approximate surface area is 203 Å². The van der Waals surface area contributed by atoms with Crippen molar-refractivity contribution in [3.05, 3.63) is 0 Å². The third-order valence-electron chi connectivity index (χ3n) is 5.44. The van der Waals surface area contributed by atoms with Crippen molar-refractivity contribution < 1.29 is 9.53 Å². The van der Waals surface area contributed by atoms with Crippen molar-refractivity contribution in [3.63, 3.8) is 0 Å². The summed E-state index contributed by atoms with van der Waals surface area (Å²) in [4.78, 5) is 11.2. The van der Waals surface area contributed by atoms with E-state index in [-0.39, 0.29) is 11.4 Å². The summed E-state index contributed by atoms with van der Waals surface area (Å²) in [6.45, 7) is 11.0. The van der Waals surface area contributed by atoms with Gasteiger partial charge in [-0.3, -0.25) is 4.79 Å². The van der Waals surface area contributed by atoms with E-state index in [4.69, 9.17) is 4.74 Å². The number of carbonyl (C=O) groups excluding carboxylic acids is 1. The number of rotatable bonds is 20. The van der Waals surface area contributed by atoms with Crippen LogP contribution in [0.4, 0.5) is 0 Å². The Kier molecular flexibility index (Phi) is 30.2. The van der Waals surface area contributed by atoms with E-state index in [2.05, 4.69) is 40.3 Å². The van der Waals surface area contributed by atoms with E-state index in [1.807, 2.05) is 0 Å². The molecule has 0 aliphatic carbocycles. The molecular weight excluding hydrogens is 495 g/mol. The van der Waals surface area contributed by atoms with Crippen LogP contribution in [0.25, 0.3) is 0 Å². The summed E-state index contributed by atoms with van der Waals surface area (Å²) in [7, 11) is 0. The molecule has 2 nitrogen and oxygen atoms in total. The van der Waals surface area contributed by atoms with E-state index in [1.165, 1.54) is 83.5 Å². The minimum atomic E-state index is -0.839. The van der Waals surface area contributed by atoms with E-state index in [9.17, 15) is 4.79 Å². The first-order valence-corrected chi connectivity index (χ1v) is 19.8. The molecule has 0 radical (unpaired) electrons. The first-order chi connectivity index (χ1) is 14.5. The van der Waals surface area contributed by atoms with Crippen LogP contribution < -0.4 is 0 Å². The summed E-state index contributed by atoms with van der Waals surface area (Å²) < 4.78 is 9.99. The number of hydrogen-bond donors (Lipinski definition) is 1. The van der Waals surface area contributed by atoms with Crippen LogP contribution in [0.3, 0.4) is 0 Å². The van der Waals surface area contributed by atoms with Gasteiger partial charge < -0.3 is 4.74 Å². The van der Waals surface area contributed by atoms with E-state index in [0.717, 1.165) is 12.8 Å². The number of thiol groups is 1. The van der Waals surface area contributed by atoms with E-state index >= 15 is 0 Å². The summed E-state index contributed by atoms with van der Waals surface area (Å²) in [6, 6.07) is 0. The third kappa shape index (κ3) is 28.6. The fourth-order valence-corrected chi connectivity index (χ4v) is 13.1. The zero-order valence-corrected chi connectivity index (χ0v) is 25.0. The SMILES string of the molecule is CCCCCCCCCCCC(=O)OC(C)S.CCC[CH2][Sn+]([CH2]CCC)[CH2]CCC. The predicted octanol–water partition coefficient (Wildman–Crippen LogP) is 9.61. The van der Waals surface area contributed by atoms with Gasteiger partial charge in [0.1, 0.15) is 5.44 Å². The van der Waals surface area contributed by atoms with Crippen molar-refractivity contribution in [1.29, 1.82) is 0 Å². The van der Waals surface area contributed by atoms with Crippen molar-refractivity contribution in [3.8, 4) is 0 Å². The molecule has 0 spiro atoms. The molecule has 0 aromatic heterocycles. The van der Waals surface area contributed by atoms with Crippen molar-refractivity contribution in [2.45, 2.75) is 156 Å². The molecule has 1 atom stereocenters. The average Bonchev–Trinajstić information content (AvgIpc) is 2.72. The fourth-order valence-electron chi connectivity index (χ4n) is 3.48. The Morgan fingerprint density at radius 3 is 1.40 bits per heavy atom. The third-order valence-corrected chi connectivity index (χ3v) is 14.6. The molecule has 0 heterocycles. The van der Waals surface area contributed by atoms with Crippen molar-refractivity contribution >= 4 is 38.4 Å². The summed E-state index contributed by atoms with van der Waals surface area (Å²) >= 11 is 3.17. The molecule has 0 aromatic rings. The van der Waals surface area contributed by atoms with Gasteiger partial charge in [-0.2, -0.15) is 0 Å². The summed E-state index contributed by atoms with van der Waals surface area (Å²) in [5, 5.41) is 0. The van der Waals surface area contributed by atoms with Gasteiger partial charge in [0.25, 0.3) is 0 Å². The van der Waals surface area contributed by atoms with Gasteiger partial charge in [-0.05, 0) is 13.3 Å². The van der Waals surface area contributed by atoms with Gasteiger partial charge in [0, 0.05) is 6.42 Å². The van der Waals surface area contributed by atoms with Gasteiger partial charge in [0.15, 0.2) is 0 Å². The molecule has 1 unspecified atom stereocenters. The molecule has 0 rings (SSSR count). The Morgan fingerprint density at radius 1 is 0.667 bits per heavy atom. The second kappa shape index (κ2) is 27.7. The van der Waals surface area contributed by atoms with Crippen LogP contribution in [-0.2, 0) is 9.53 Å². The maximum atomic E-state index is 11.2. The Morgan fingerprint density at radius 2 is 1.03 bits per heavy atom. The van der Waals surface area contributed by atoms with Crippen LogP contribution in [0.5, 0.6) is 0 Å². The summed E-state index contributed by atoms with van der Waals surface area (Å²) in [5.41, 5.74) is -0.277. The van der Waals surface area contributed by atoms with Gasteiger partial charge in [0.2, 0.25) is 0 Å². The van der Waals surface area contributed by atoms with Crippen LogP contribution in [0.15, 0.2) is 0 Å². The van der Waals surface area contributed by atoms with Crippen molar-refractivity contribution in [1.82, 2.24) is 0 Å². The van der Waals surface area contributed by atoms with Gasteiger partial charge in [-0.15, -0.1) is 12.6 Å². The topological polar surface area (TPSA) is 26.3 Å². The van der Waals surface area contributed by atoms with Gasteiger partial charge in [-0.1, -0.05) is 58.3 Å². The summed E-state index contributed by atoms with van der Waals surface area (Å²) in [6.07, 6.45) is 20.8. The van der Waals surface area contributed by atoms with E-state index < -0.39 is 19.8 Å². The normalized spacial score (nSPS) is 11.5. The number of carbonyl (C=O) groups is 1. The zero-order chi connectivity index (χ0) is 22.9. The number of esters is 1. The summed E-state index contributed by atoms with van der Waals surface area (Å²) in [5.74, 6) is -0.115. The molecule has 180 valence electrons. The number of unbranched alkanes of at least 4 members (excludes halogenated alkanes) is 11. The maximum absolute atomic E-state index is 11.2. The van der Waals surface area contributed by atoms with E-state index in [1.54, 1.807) is 20.2 Å². The van der Waals surface area contributed by atoms with Crippen molar-refractivity contribution in [2.24, 2.45) is 0 Å². The quantitative estimate of drug-likeness (QED) is 0.0537. The average molecular weight is 551 g/mol. The second-order valence-electron chi connectivity index (χ2n) is 8.73. The van der Waals surface area contributed by atoms with Crippen LogP contribution in [0, 0.1) is 0 Å². The molecule has 0 fully saturated rings. The number of hydrogen-bond acceptors (Lipinski definition) is 3. The molecule has 30 heavy (non-hydrogen) atoms. The first-order valence-electron chi connectivity index (χ1n) is 13.2. The standard InChI is InChI=1S/C14H28O2S.3C4H9.Sn/c1-3-4-5-6-7-8-9-10-11-12-14(15)16-13(2)17;3*1-3-4-2;/h13,17H,3-12H2,1-2H3;3*1,3-4H2,2H3;/q;;;;+1. The zero-order valence-electron chi connectivity index (χ0n) is 21.3. The minimum absolute atomic E-state index is 0.115. The van der Waals surface area contributed by atoms with Crippen LogP contribution >= 0.6 is 12.6 Å². The molecule has 0 saturated carbocycles. The van der Waals surface area contributed by atoms with Gasteiger partial charge in [-0.25, -0.2) is 0 Å². The van der Waals surface area contributed by atoms with Crippen LogP contribution in [0.2, 0.25) is 13.3 Å². The molecule has 0 aliphatic rings. The Bertz CT molecular complexity index is 318. The molecule has 0 N–H and O–H groups in total. The fraction of sp³-hybridized carbons (Fsp3) is 0.962. The predicted molar refractivity (Wildman–Crippen MR) is 141 cm³/mol. The second-order valence-corrected chi connectivity index (χ2v) is 18.0.